The molecule has 0 bridgehead atoms. The van der Waals surface area contributed by atoms with E-state index in [1.807, 2.05) is 0 Å². The van der Waals surface area contributed by atoms with Gasteiger partial charge in [-0.3, -0.25) is 0 Å². The van der Waals surface area contributed by atoms with Crippen LogP contribution in [-0.4, -0.2) is 27.3 Å². The second-order valence-electron chi connectivity index (χ2n) is 4.04. The van der Waals surface area contributed by atoms with E-state index in [0.717, 1.165) is 5.56 Å². The number of aliphatic carboxylic acids is 1. The first-order valence-corrected chi connectivity index (χ1v) is 4.96. The highest BCUT2D eigenvalue weighted by Gasteiger charge is 2.31. The van der Waals surface area contributed by atoms with E-state index in [1.54, 1.807) is 13.8 Å². The van der Waals surface area contributed by atoms with Crippen LogP contribution >= 0.6 is 0 Å². The molecule has 0 saturated carbocycles. The zero-order valence-corrected chi connectivity index (χ0v) is 9.03. The van der Waals surface area contributed by atoms with Crippen LogP contribution in [0.2, 0.25) is 0 Å². The summed E-state index contributed by atoms with van der Waals surface area (Å²) in [5, 5.41) is 31.0. The molecular weight excluding hydrogens is 210 g/mol. The van der Waals surface area contributed by atoms with Crippen LogP contribution in [0.1, 0.15) is 16.7 Å². The number of hydrogen-bond donors (Lipinski definition) is 4. The van der Waals surface area contributed by atoms with Crippen LogP contribution in [0.5, 0.6) is 11.5 Å². The number of aromatic hydroxyl groups is 2. The zero-order chi connectivity index (χ0) is 12.0. The van der Waals surface area contributed by atoms with Gasteiger partial charge in [0, 0.05) is 23.2 Å². The molecule has 1 aromatic carbocycles. The molecule has 2 rings (SSSR count). The Morgan fingerprint density at radius 2 is 1.81 bits per heavy atom. The third-order valence-electron chi connectivity index (χ3n) is 3.09. The predicted molar refractivity (Wildman–Crippen MR) is 58.0 cm³/mol. The number of benzene rings is 1. The van der Waals surface area contributed by atoms with Gasteiger partial charge in [0.05, 0.1) is 0 Å². The molecule has 0 aromatic heterocycles. The minimum Gasteiger partial charge on any atom is -0.504 e. The Morgan fingerprint density at radius 1 is 1.25 bits per heavy atom. The number of nitrogens with one attached hydrogen (secondary N) is 1. The standard InChI is InChI=1S/C11H13NO4/c1-4-6-3-7(11(15)16)12-8(6)5(2)10(14)9(4)13/h7,12-14H,3H2,1-2H3,(H,15,16). The van der Waals surface area contributed by atoms with Crippen molar-refractivity contribution in [2.45, 2.75) is 26.3 Å². The molecule has 5 heteroatoms. The topological polar surface area (TPSA) is 89.8 Å². The molecule has 1 aliphatic rings. The van der Waals surface area contributed by atoms with Gasteiger partial charge in [-0.25, -0.2) is 4.79 Å². The molecule has 0 aliphatic carbocycles. The second-order valence-corrected chi connectivity index (χ2v) is 4.04. The van der Waals surface area contributed by atoms with Crippen molar-refractivity contribution in [3.05, 3.63) is 16.7 Å². The molecule has 5 nitrogen and oxygen atoms in total. The van der Waals surface area contributed by atoms with Gasteiger partial charge in [-0.15, -0.1) is 0 Å². The van der Waals surface area contributed by atoms with Gasteiger partial charge in [-0.05, 0) is 19.4 Å². The highest BCUT2D eigenvalue weighted by molar-refractivity contribution is 5.84. The highest BCUT2D eigenvalue weighted by Crippen LogP contribution is 2.43. The van der Waals surface area contributed by atoms with Crippen LogP contribution in [0.4, 0.5) is 5.69 Å². The summed E-state index contributed by atoms with van der Waals surface area (Å²) in [6.07, 6.45) is 0.325. The zero-order valence-electron chi connectivity index (χ0n) is 9.03. The molecule has 0 radical (unpaired) electrons. The summed E-state index contributed by atoms with van der Waals surface area (Å²) >= 11 is 0. The van der Waals surface area contributed by atoms with Crippen LogP contribution in [0, 0.1) is 13.8 Å². The summed E-state index contributed by atoms with van der Waals surface area (Å²) in [5.41, 5.74) is 2.41. The van der Waals surface area contributed by atoms with Gasteiger partial charge in [0.25, 0.3) is 0 Å². The third-order valence-corrected chi connectivity index (χ3v) is 3.09. The number of carboxylic acids is 1. The van der Waals surface area contributed by atoms with Crippen LogP contribution in [-0.2, 0) is 11.2 Å². The van der Waals surface area contributed by atoms with E-state index >= 15 is 0 Å². The van der Waals surface area contributed by atoms with Crippen molar-refractivity contribution in [2.24, 2.45) is 0 Å². The third kappa shape index (κ3) is 1.28. The van der Waals surface area contributed by atoms with Gasteiger partial charge in [-0.2, -0.15) is 0 Å². The van der Waals surface area contributed by atoms with Crippen molar-refractivity contribution < 1.29 is 20.1 Å². The van der Waals surface area contributed by atoms with Crippen molar-refractivity contribution in [1.29, 1.82) is 0 Å². The molecule has 0 saturated heterocycles. The first kappa shape index (κ1) is 10.6. The number of rotatable bonds is 1. The van der Waals surface area contributed by atoms with Crippen molar-refractivity contribution >= 4 is 11.7 Å². The molecule has 86 valence electrons. The molecule has 0 amide bonds. The molecule has 1 aromatic rings. The lowest BCUT2D eigenvalue weighted by Crippen LogP contribution is -2.26. The maximum Gasteiger partial charge on any atom is 0.326 e. The second kappa shape index (κ2) is 3.30. The fraction of sp³-hybridized carbons (Fsp3) is 0.364. The molecule has 16 heavy (non-hydrogen) atoms. The Balaban J connectivity index is 2.57. The summed E-state index contributed by atoms with van der Waals surface area (Å²) < 4.78 is 0. The summed E-state index contributed by atoms with van der Waals surface area (Å²) in [5.74, 6) is -1.28. The monoisotopic (exact) mass is 223 g/mol. The minimum absolute atomic E-state index is 0.163. The van der Waals surface area contributed by atoms with E-state index in [2.05, 4.69) is 5.32 Å². The van der Waals surface area contributed by atoms with Gasteiger partial charge in [0.1, 0.15) is 6.04 Å². The fourth-order valence-corrected chi connectivity index (χ4v) is 2.06. The quantitative estimate of drug-likeness (QED) is 0.423. The van der Waals surface area contributed by atoms with E-state index in [4.69, 9.17) is 5.11 Å². The molecule has 1 unspecified atom stereocenters. The maximum atomic E-state index is 10.9. The van der Waals surface area contributed by atoms with E-state index in [9.17, 15) is 15.0 Å². The lowest BCUT2D eigenvalue weighted by molar-refractivity contribution is -0.137. The molecular formula is C11H13NO4. The van der Waals surface area contributed by atoms with Crippen molar-refractivity contribution in [1.82, 2.24) is 0 Å². The first-order chi connectivity index (χ1) is 7.43. The number of carboxylic acid groups (broad SMARTS) is 1. The smallest absolute Gasteiger partial charge is 0.326 e. The van der Waals surface area contributed by atoms with Gasteiger partial charge in [0.2, 0.25) is 0 Å². The Labute approximate surface area is 92.3 Å². The Kier molecular flexibility index (Phi) is 2.18. The number of phenolic OH excluding ortho intramolecular Hbond substituents is 2. The average Bonchev–Trinajstić information content (AvgIpc) is 2.68. The van der Waals surface area contributed by atoms with Crippen LogP contribution in [0.25, 0.3) is 0 Å². The molecule has 0 spiro atoms. The number of fused-ring (bicyclic) bond motifs is 1. The van der Waals surface area contributed by atoms with Gasteiger partial charge in [-0.1, -0.05) is 0 Å². The van der Waals surface area contributed by atoms with Crippen molar-refractivity contribution in [2.75, 3.05) is 5.32 Å². The Bertz CT molecular complexity index is 445. The molecule has 1 atom stereocenters. The average molecular weight is 223 g/mol. The number of phenols is 2. The largest absolute Gasteiger partial charge is 0.504 e. The van der Waals surface area contributed by atoms with Crippen LogP contribution in [0.3, 0.4) is 0 Å². The molecule has 1 heterocycles. The Morgan fingerprint density at radius 3 is 2.38 bits per heavy atom. The Hall–Kier alpha value is -1.91. The lowest BCUT2D eigenvalue weighted by Gasteiger charge is -2.12. The minimum atomic E-state index is -0.936. The van der Waals surface area contributed by atoms with Crippen LogP contribution in [0.15, 0.2) is 0 Å². The maximum absolute atomic E-state index is 10.9. The van der Waals surface area contributed by atoms with E-state index < -0.39 is 12.0 Å². The van der Waals surface area contributed by atoms with E-state index in [0.29, 0.717) is 23.2 Å². The summed E-state index contributed by atoms with van der Waals surface area (Å²) in [4.78, 5) is 10.9. The summed E-state index contributed by atoms with van der Waals surface area (Å²) in [7, 11) is 0. The van der Waals surface area contributed by atoms with Gasteiger partial charge < -0.3 is 20.6 Å². The number of hydrogen-bond acceptors (Lipinski definition) is 4. The molecule has 4 N–H and O–H groups in total. The fourth-order valence-electron chi connectivity index (χ4n) is 2.06. The number of anilines is 1. The summed E-state index contributed by atoms with van der Waals surface area (Å²) in [6.45, 7) is 3.31. The van der Waals surface area contributed by atoms with Gasteiger partial charge >= 0.3 is 5.97 Å². The normalized spacial score (nSPS) is 18.0. The summed E-state index contributed by atoms with van der Waals surface area (Å²) in [6, 6.07) is -0.686. The van der Waals surface area contributed by atoms with E-state index in [1.165, 1.54) is 0 Å². The van der Waals surface area contributed by atoms with Crippen molar-refractivity contribution in [3.8, 4) is 11.5 Å². The molecule has 1 aliphatic heterocycles. The van der Waals surface area contributed by atoms with Gasteiger partial charge in [0.15, 0.2) is 11.5 Å². The SMILES string of the molecule is Cc1c(O)c(O)c(C)c2c1CC(C(=O)O)N2. The highest BCUT2D eigenvalue weighted by atomic mass is 16.4. The number of carbonyl (C=O) groups is 1. The lowest BCUT2D eigenvalue weighted by atomic mass is 9.99. The first-order valence-electron chi connectivity index (χ1n) is 4.96. The van der Waals surface area contributed by atoms with E-state index in [-0.39, 0.29) is 11.5 Å². The van der Waals surface area contributed by atoms with Crippen LogP contribution < -0.4 is 5.32 Å². The molecule has 0 fully saturated rings. The predicted octanol–water partition coefficient (Wildman–Crippen LogP) is 1.14. The van der Waals surface area contributed by atoms with Crippen molar-refractivity contribution in [3.63, 3.8) is 0 Å².